The predicted molar refractivity (Wildman–Crippen MR) is 65.2 cm³/mol. The Bertz CT molecular complexity index is 78.5. The second-order valence-electron chi connectivity index (χ2n) is 0.476. The molecule has 0 aromatic carbocycles. The first-order valence-electron chi connectivity index (χ1n) is 1.13. The third kappa shape index (κ3) is 7750000. The van der Waals surface area contributed by atoms with Crippen LogP contribution < -0.4 is 0 Å². The quantitative estimate of drug-likeness (QED) is 0.236. The van der Waals surface area contributed by atoms with Crippen molar-refractivity contribution in [2.45, 2.75) is 0 Å². The van der Waals surface area contributed by atoms with Crippen molar-refractivity contribution in [3.63, 3.8) is 0 Å². The van der Waals surface area contributed by atoms with Crippen LogP contribution in [0.25, 0.3) is 0 Å². The molecule has 22 N–H and O–H groups in total. The van der Waals surface area contributed by atoms with Crippen molar-refractivity contribution in [2.75, 3.05) is 0 Å². The van der Waals surface area contributed by atoms with Gasteiger partial charge in [0.15, 0.2) is 0 Å². The van der Waals surface area contributed by atoms with Crippen molar-refractivity contribution in [1.82, 2.24) is 0 Å². The van der Waals surface area contributed by atoms with Gasteiger partial charge in [0.1, 0.15) is 0 Å². The molecule has 0 aromatic heterocycles. The van der Waals surface area contributed by atoms with Crippen LogP contribution in [0.3, 0.4) is 0 Å². The SMILES string of the molecule is O.O.O.O.O.O.O.O.O.O.O=[N+]([O-])O.O=[N+]([O-])O.[Ca+2].[Mg+2]. The number of rotatable bonds is 0. The fraction of sp³-hybridized carbons (Fsp3) is 0. The van der Waals surface area contributed by atoms with Gasteiger partial charge in [0.05, 0.1) is 0 Å². The molecule has 0 aliphatic rings. The molecule has 0 rings (SSSR count). The summed E-state index contributed by atoms with van der Waals surface area (Å²) in [5, 5.41) is 27.3. The van der Waals surface area contributed by atoms with Crippen LogP contribution in [-0.2, 0) is 0 Å². The van der Waals surface area contributed by atoms with E-state index in [0.29, 0.717) is 0 Å². The molecule has 0 radical (unpaired) electrons. The van der Waals surface area contributed by atoms with E-state index in [-0.39, 0.29) is 116 Å². The Morgan fingerprint density at radius 1 is 0.550 bits per heavy atom. The fourth-order valence-corrected chi connectivity index (χ4v) is 0. The summed E-state index contributed by atoms with van der Waals surface area (Å²) in [5.41, 5.74) is 0. The molecule has 0 bridgehead atoms. The molecule has 0 unspecified atom stereocenters. The van der Waals surface area contributed by atoms with Gasteiger partial charge >= 0.3 is 60.8 Å². The predicted octanol–water partition coefficient (Wildman–Crippen LogP) is -9.70. The minimum atomic E-state index is -1.50. The standard InChI is InChI=1S/Ca.Mg.2HNO3.10H2O/c;;2*2-1(3)4;;;;;;;;;;/h;;2*(H,2,3,4);10*1H2/q2*+2;;;;;;;;;;;;. The van der Waals surface area contributed by atoms with Crippen LogP contribution in [0.2, 0.25) is 0 Å². The Labute approximate surface area is 155 Å². The van der Waals surface area contributed by atoms with E-state index in [9.17, 15) is 0 Å². The first kappa shape index (κ1) is 200. The molecule has 0 spiro atoms. The van der Waals surface area contributed by atoms with Crippen LogP contribution in [-0.4, -0.2) is 136 Å². The van der Waals surface area contributed by atoms with Crippen LogP contribution in [0.5, 0.6) is 0 Å². The summed E-state index contributed by atoms with van der Waals surface area (Å²) in [5.74, 6) is 0. The summed E-state index contributed by atoms with van der Waals surface area (Å²) in [6.07, 6.45) is 0. The monoisotopic (exact) mass is 370 g/mol. The van der Waals surface area contributed by atoms with Crippen molar-refractivity contribution < 1.29 is 75.3 Å². The van der Waals surface area contributed by atoms with Gasteiger partial charge in [0.2, 0.25) is 0 Å². The van der Waals surface area contributed by atoms with Crippen molar-refractivity contribution in [3.8, 4) is 0 Å². The third-order valence-corrected chi connectivity index (χ3v) is 0. The van der Waals surface area contributed by atoms with Gasteiger partial charge in [-0.3, -0.25) is 0 Å². The van der Waals surface area contributed by atoms with Gasteiger partial charge in [-0.05, 0) is 0 Å². The van der Waals surface area contributed by atoms with Crippen LogP contribution in [0.1, 0.15) is 0 Å². The second kappa shape index (κ2) is 170. The first-order chi connectivity index (χ1) is 3.46. The molecule has 18 nitrogen and oxygen atoms in total. The topological polar surface area (TPSA) is 442 Å². The smallest absolute Gasteiger partial charge is 0.412 e. The zero-order valence-corrected chi connectivity index (χ0v) is 13.5. The average molecular weight is 371 g/mol. The minimum Gasteiger partial charge on any atom is -0.412 e. The summed E-state index contributed by atoms with van der Waals surface area (Å²) < 4.78 is 0. The van der Waals surface area contributed by atoms with Crippen LogP contribution in [0.15, 0.2) is 0 Å². The molecule has 0 aliphatic heterocycles. The molecule has 0 saturated heterocycles. The molecular formula is H22CaMgN2O16+4. The number of nitrogens with zero attached hydrogens (tertiary/aromatic N) is 2. The summed E-state index contributed by atoms with van der Waals surface area (Å²) in [6.45, 7) is 0. The summed E-state index contributed by atoms with van der Waals surface area (Å²) in [7, 11) is 0. The maximum absolute atomic E-state index is 8.36. The van der Waals surface area contributed by atoms with Gasteiger partial charge in [0, 0.05) is 0 Å². The Morgan fingerprint density at radius 2 is 0.550 bits per heavy atom. The molecule has 0 aromatic rings. The van der Waals surface area contributed by atoms with Gasteiger partial charge in [-0.25, -0.2) is 0 Å². The largest absolute Gasteiger partial charge is 2.00 e. The van der Waals surface area contributed by atoms with Gasteiger partial charge in [-0.1, -0.05) is 0 Å². The molecule has 128 valence electrons. The Morgan fingerprint density at radius 3 is 0.550 bits per heavy atom. The van der Waals surface area contributed by atoms with E-state index in [1.165, 1.54) is 0 Å². The molecule has 20 heavy (non-hydrogen) atoms. The molecule has 0 saturated carbocycles. The number of hydrogen-bond donors (Lipinski definition) is 2. The summed E-state index contributed by atoms with van der Waals surface area (Å²) in [4.78, 5) is 16.7. The Hall–Kier alpha value is 0.0260. The maximum atomic E-state index is 8.36. The normalized spacial score (nSPS) is 2.40. The van der Waals surface area contributed by atoms with E-state index in [1.54, 1.807) is 0 Å². The zero-order valence-electron chi connectivity index (χ0n) is 9.84. The van der Waals surface area contributed by atoms with Gasteiger partial charge < -0.3 is 65.2 Å². The molecule has 0 aliphatic carbocycles. The summed E-state index contributed by atoms with van der Waals surface area (Å²) >= 11 is 0. The van der Waals surface area contributed by atoms with Crippen LogP contribution >= 0.6 is 0 Å². The van der Waals surface area contributed by atoms with Crippen molar-refractivity contribution in [2.24, 2.45) is 0 Å². The average Bonchev–Trinajstić information content (AvgIpc) is 1.25. The maximum Gasteiger partial charge on any atom is 2.00 e. The van der Waals surface area contributed by atoms with Crippen molar-refractivity contribution in [1.29, 1.82) is 0 Å². The van der Waals surface area contributed by atoms with Gasteiger partial charge in [0.25, 0.3) is 10.2 Å². The Kier molecular flexibility index (Phi) is 1700. The van der Waals surface area contributed by atoms with E-state index >= 15 is 0 Å². The third-order valence-electron chi connectivity index (χ3n) is 0. The molecule has 20 heteroatoms. The van der Waals surface area contributed by atoms with Crippen molar-refractivity contribution in [3.05, 3.63) is 20.2 Å². The van der Waals surface area contributed by atoms with Crippen LogP contribution in [0, 0.1) is 20.2 Å². The fourth-order valence-electron chi connectivity index (χ4n) is 0. The first-order valence-corrected chi connectivity index (χ1v) is 1.13. The second-order valence-corrected chi connectivity index (χ2v) is 0.476. The van der Waals surface area contributed by atoms with Gasteiger partial charge in [-0.15, -0.1) is 20.2 Å². The van der Waals surface area contributed by atoms with E-state index in [1.807, 2.05) is 0 Å². The molecular weight excluding hydrogens is 348 g/mol. The molecule has 0 heterocycles. The zero-order chi connectivity index (χ0) is 7.15. The van der Waals surface area contributed by atoms with Crippen LogP contribution in [0.4, 0.5) is 0 Å². The van der Waals surface area contributed by atoms with E-state index in [4.69, 9.17) is 30.6 Å². The van der Waals surface area contributed by atoms with E-state index < -0.39 is 10.2 Å². The minimum absolute atomic E-state index is 0. The van der Waals surface area contributed by atoms with Gasteiger partial charge in [-0.2, -0.15) is 0 Å². The van der Waals surface area contributed by atoms with E-state index in [0.717, 1.165) is 0 Å². The number of hydrogen-bond acceptors (Lipinski definition) is 4. The molecule has 0 fully saturated rings. The van der Waals surface area contributed by atoms with E-state index in [2.05, 4.69) is 0 Å². The Balaban J connectivity index is -0.00000000187. The summed E-state index contributed by atoms with van der Waals surface area (Å²) in [6, 6.07) is 0. The molecule has 0 atom stereocenters. The van der Waals surface area contributed by atoms with Crippen molar-refractivity contribution >= 4 is 60.8 Å². The molecule has 0 amide bonds.